The summed E-state index contributed by atoms with van der Waals surface area (Å²) in [5.74, 6) is 1.52. The highest BCUT2D eigenvalue weighted by molar-refractivity contribution is 7.10. The number of carbonyl (C=O) groups excluding carboxylic acids is 2. The largest absolute Gasteiger partial charge is 0.493 e. The highest BCUT2D eigenvalue weighted by Gasteiger charge is 2.35. The molecule has 1 atom stereocenters. The van der Waals surface area contributed by atoms with Crippen molar-refractivity contribution in [2.24, 2.45) is 0 Å². The van der Waals surface area contributed by atoms with E-state index in [0.29, 0.717) is 34.5 Å². The quantitative estimate of drug-likeness (QED) is 0.208. The molecule has 2 aliphatic rings. The number of hydrogen-bond donors (Lipinski definition) is 1. The van der Waals surface area contributed by atoms with E-state index in [1.165, 1.54) is 53.8 Å². The van der Waals surface area contributed by atoms with E-state index < -0.39 is 6.04 Å². The topological polar surface area (TPSA) is 111 Å². The van der Waals surface area contributed by atoms with Crippen LogP contribution in [0.2, 0.25) is 0 Å². The summed E-state index contributed by atoms with van der Waals surface area (Å²) in [4.78, 5) is 32.0. The van der Waals surface area contributed by atoms with Crippen molar-refractivity contribution in [1.82, 2.24) is 25.5 Å². The van der Waals surface area contributed by atoms with E-state index in [1.807, 2.05) is 35.7 Å². The molecule has 2 aromatic carbocycles. The van der Waals surface area contributed by atoms with Gasteiger partial charge in [0.25, 0.3) is 5.91 Å². The second kappa shape index (κ2) is 14.2. The molecular formula is C34H40N6O4S. The second-order valence-electron chi connectivity index (χ2n) is 11.8. The van der Waals surface area contributed by atoms with Crippen molar-refractivity contribution in [3.05, 3.63) is 70.4 Å². The van der Waals surface area contributed by atoms with Crippen molar-refractivity contribution in [2.75, 3.05) is 19.1 Å². The van der Waals surface area contributed by atoms with Crippen LogP contribution in [-0.2, 0) is 16.1 Å². The molecule has 0 bridgehead atoms. The maximum absolute atomic E-state index is 14.3. The van der Waals surface area contributed by atoms with E-state index in [2.05, 4.69) is 32.9 Å². The van der Waals surface area contributed by atoms with Gasteiger partial charge in [-0.15, -0.1) is 21.5 Å². The lowest BCUT2D eigenvalue weighted by Gasteiger charge is -2.32. The normalized spacial score (nSPS) is 16.3. The Labute approximate surface area is 267 Å². The molecule has 4 aromatic rings. The Balaban J connectivity index is 1.31. The molecular weight excluding hydrogens is 588 g/mol. The number of nitrogens with zero attached hydrogens (tertiary/aromatic N) is 5. The lowest BCUT2D eigenvalue weighted by atomic mass is 9.84. The number of carbonyl (C=O) groups is 2. The van der Waals surface area contributed by atoms with Gasteiger partial charge in [0.1, 0.15) is 12.6 Å². The first kappa shape index (κ1) is 30.8. The first-order valence-corrected chi connectivity index (χ1v) is 16.7. The number of thiophene rings is 1. The smallest absolute Gasteiger partial charge is 0.251 e. The first-order chi connectivity index (χ1) is 22.0. The Morgan fingerprint density at radius 2 is 1.69 bits per heavy atom. The minimum absolute atomic E-state index is 0.117. The third kappa shape index (κ3) is 7.03. The molecule has 0 aliphatic heterocycles. The van der Waals surface area contributed by atoms with Gasteiger partial charge in [0.15, 0.2) is 11.5 Å². The van der Waals surface area contributed by atoms with Crippen LogP contribution in [0.3, 0.4) is 0 Å². The van der Waals surface area contributed by atoms with E-state index in [0.717, 1.165) is 30.6 Å². The van der Waals surface area contributed by atoms with Crippen LogP contribution in [-0.4, -0.2) is 52.3 Å². The highest BCUT2D eigenvalue weighted by atomic mass is 32.1. The minimum atomic E-state index is -0.826. The predicted molar refractivity (Wildman–Crippen MR) is 174 cm³/mol. The van der Waals surface area contributed by atoms with Gasteiger partial charge in [-0.25, -0.2) is 0 Å². The number of amides is 2. The summed E-state index contributed by atoms with van der Waals surface area (Å²) in [6, 6.07) is 16.7. The molecule has 45 heavy (non-hydrogen) atoms. The van der Waals surface area contributed by atoms with Gasteiger partial charge in [-0.1, -0.05) is 50.3 Å². The van der Waals surface area contributed by atoms with Gasteiger partial charge >= 0.3 is 0 Å². The summed E-state index contributed by atoms with van der Waals surface area (Å²) < 4.78 is 10.8. The van der Waals surface area contributed by atoms with Crippen molar-refractivity contribution < 1.29 is 19.1 Å². The van der Waals surface area contributed by atoms with Crippen LogP contribution in [0.4, 0.5) is 5.69 Å². The van der Waals surface area contributed by atoms with Crippen molar-refractivity contribution in [2.45, 2.75) is 82.3 Å². The van der Waals surface area contributed by atoms with E-state index >= 15 is 0 Å². The number of anilines is 1. The number of ether oxygens (including phenoxy) is 2. The zero-order valence-corrected chi connectivity index (χ0v) is 26.7. The Morgan fingerprint density at radius 1 is 0.956 bits per heavy atom. The van der Waals surface area contributed by atoms with Gasteiger partial charge in [0.2, 0.25) is 11.7 Å². The standard InChI is InChI=1S/C34H40N6O4S/c1-43-28-19-16-25(21-29(28)44-2)33-36-38-39(37-33)22-31(41)40(27-17-14-24(15-18-27)23-9-4-3-5-10-23)32(30-13-8-20-45-30)34(42)35-26-11-6-7-12-26/h8,13-21,23,26,32H,3-7,9-12,22H2,1-2H3,(H,35,42). The third-order valence-electron chi connectivity index (χ3n) is 8.91. The van der Waals surface area contributed by atoms with E-state index in [9.17, 15) is 9.59 Å². The van der Waals surface area contributed by atoms with Gasteiger partial charge < -0.3 is 14.8 Å². The number of hydrogen-bond acceptors (Lipinski definition) is 8. The molecule has 10 nitrogen and oxygen atoms in total. The van der Waals surface area contributed by atoms with E-state index in [4.69, 9.17) is 9.47 Å². The lowest BCUT2D eigenvalue weighted by molar-refractivity contribution is -0.127. The zero-order valence-electron chi connectivity index (χ0n) is 25.9. The summed E-state index contributed by atoms with van der Waals surface area (Å²) in [7, 11) is 3.14. The van der Waals surface area contributed by atoms with Gasteiger partial charge in [-0.3, -0.25) is 14.5 Å². The van der Waals surface area contributed by atoms with Crippen LogP contribution in [0, 0.1) is 0 Å². The molecule has 0 spiro atoms. The molecule has 0 saturated heterocycles. The molecule has 2 aliphatic carbocycles. The molecule has 1 N–H and O–H groups in total. The van der Waals surface area contributed by atoms with Crippen LogP contribution in [0.5, 0.6) is 11.5 Å². The SMILES string of the molecule is COc1ccc(-c2nnn(CC(=O)N(c3ccc(C4CCCCC4)cc3)C(C(=O)NC3CCCC3)c3cccs3)n2)cc1OC. The number of nitrogens with one attached hydrogen (secondary N) is 1. The first-order valence-electron chi connectivity index (χ1n) is 15.8. The molecule has 0 radical (unpaired) electrons. The Kier molecular flexibility index (Phi) is 9.73. The maximum atomic E-state index is 14.3. The molecule has 2 aromatic heterocycles. The van der Waals surface area contributed by atoms with Gasteiger partial charge in [0.05, 0.1) is 14.2 Å². The summed E-state index contributed by atoms with van der Waals surface area (Å²) in [5, 5.41) is 18.1. The summed E-state index contributed by atoms with van der Waals surface area (Å²) in [6.07, 6.45) is 10.3. The minimum Gasteiger partial charge on any atom is -0.493 e. The number of tetrazole rings is 1. The molecule has 2 heterocycles. The fraction of sp³-hybridized carbons (Fsp3) is 0.441. The van der Waals surface area contributed by atoms with Gasteiger partial charge in [-0.05, 0) is 84.2 Å². The van der Waals surface area contributed by atoms with E-state index in [1.54, 1.807) is 31.3 Å². The molecule has 11 heteroatoms. The fourth-order valence-electron chi connectivity index (χ4n) is 6.55. The van der Waals surface area contributed by atoms with Crippen molar-refractivity contribution >= 4 is 28.8 Å². The molecule has 1 unspecified atom stereocenters. The van der Waals surface area contributed by atoms with Crippen molar-refractivity contribution in [3.63, 3.8) is 0 Å². The predicted octanol–water partition coefficient (Wildman–Crippen LogP) is 6.30. The second-order valence-corrected chi connectivity index (χ2v) is 12.8. The van der Waals surface area contributed by atoms with E-state index in [-0.39, 0.29) is 24.4 Å². The van der Waals surface area contributed by atoms with Crippen LogP contribution in [0.15, 0.2) is 60.0 Å². The Hall–Kier alpha value is -4.25. The van der Waals surface area contributed by atoms with Crippen LogP contribution >= 0.6 is 11.3 Å². The lowest BCUT2D eigenvalue weighted by Crippen LogP contribution is -2.47. The van der Waals surface area contributed by atoms with Crippen LogP contribution in [0.25, 0.3) is 11.4 Å². The molecule has 2 fully saturated rings. The summed E-state index contributed by atoms with van der Waals surface area (Å²) >= 11 is 1.47. The summed E-state index contributed by atoms with van der Waals surface area (Å²) in [5.41, 5.74) is 2.63. The maximum Gasteiger partial charge on any atom is 0.251 e. The number of benzene rings is 2. The number of rotatable bonds is 11. The average Bonchev–Trinajstić information content (AvgIpc) is 3.88. The molecule has 2 amide bonds. The zero-order chi connectivity index (χ0) is 31.2. The van der Waals surface area contributed by atoms with Crippen LogP contribution in [0.1, 0.15) is 80.2 Å². The molecule has 2 saturated carbocycles. The number of methoxy groups -OCH3 is 2. The average molecular weight is 629 g/mol. The highest BCUT2D eigenvalue weighted by Crippen LogP contribution is 2.36. The Bertz CT molecular complexity index is 1580. The fourth-order valence-corrected chi connectivity index (χ4v) is 7.36. The van der Waals surface area contributed by atoms with Gasteiger partial charge in [0, 0.05) is 22.2 Å². The Morgan fingerprint density at radius 3 is 2.38 bits per heavy atom. The van der Waals surface area contributed by atoms with Gasteiger partial charge in [-0.2, -0.15) is 4.80 Å². The van der Waals surface area contributed by atoms with Crippen molar-refractivity contribution in [3.8, 4) is 22.9 Å². The summed E-state index contributed by atoms with van der Waals surface area (Å²) in [6.45, 7) is -0.191. The third-order valence-corrected chi connectivity index (χ3v) is 9.83. The van der Waals surface area contributed by atoms with Crippen molar-refractivity contribution in [1.29, 1.82) is 0 Å². The molecule has 6 rings (SSSR count). The number of aromatic nitrogens is 4. The monoisotopic (exact) mass is 628 g/mol. The molecule has 236 valence electrons. The van der Waals surface area contributed by atoms with Crippen LogP contribution < -0.4 is 19.7 Å².